The van der Waals surface area contributed by atoms with Crippen LogP contribution in [0.15, 0.2) is 18.2 Å². The summed E-state index contributed by atoms with van der Waals surface area (Å²) in [6.07, 6.45) is 3.76. The van der Waals surface area contributed by atoms with Gasteiger partial charge in [0, 0.05) is 23.7 Å². The van der Waals surface area contributed by atoms with Gasteiger partial charge in [0.2, 0.25) is 0 Å². The maximum atomic E-state index is 7.54. The maximum absolute atomic E-state index is 7.54. The molecule has 0 amide bonds. The fraction of sp³-hybridized carbons (Fsp3) is 0.533. The highest BCUT2D eigenvalue weighted by Crippen LogP contribution is 2.30. The number of methoxy groups -OCH3 is 1. The van der Waals surface area contributed by atoms with Crippen LogP contribution in [0.4, 0.5) is 0 Å². The molecule has 1 aliphatic carbocycles. The zero-order chi connectivity index (χ0) is 13.8. The summed E-state index contributed by atoms with van der Waals surface area (Å²) in [7, 11) is 1.69. The van der Waals surface area contributed by atoms with Gasteiger partial charge in [-0.15, -0.1) is 0 Å². The number of nitrogens with two attached hydrogens (primary N) is 1. The molecule has 0 radical (unpaired) electrons. The fourth-order valence-electron chi connectivity index (χ4n) is 2.41. The number of hydrogen-bond donors (Lipinski definition) is 2. The van der Waals surface area contributed by atoms with E-state index in [2.05, 4.69) is 11.8 Å². The molecule has 0 saturated heterocycles. The van der Waals surface area contributed by atoms with Gasteiger partial charge in [0.25, 0.3) is 0 Å². The molecule has 0 atom stereocenters. The fourth-order valence-corrected chi connectivity index (χ4v) is 2.41. The number of nitrogens with zero attached hydrogens (tertiary/aromatic N) is 1. The van der Waals surface area contributed by atoms with Gasteiger partial charge < -0.3 is 10.5 Å². The molecule has 3 N–H and O–H groups in total. The number of benzene rings is 1. The molecule has 4 nitrogen and oxygen atoms in total. The first-order valence-corrected chi connectivity index (χ1v) is 6.91. The minimum atomic E-state index is 0.109. The Balaban J connectivity index is 2.20. The predicted molar refractivity (Wildman–Crippen MR) is 77.7 cm³/mol. The summed E-state index contributed by atoms with van der Waals surface area (Å²) in [6, 6.07) is 6.45. The van der Waals surface area contributed by atoms with E-state index in [1.54, 1.807) is 7.11 Å². The van der Waals surface area contributed by atoms with Crippen molar-refractivity contribution in [2.75, 3.05) is 13.7 Å². The quantitative estimate of drug-likeness (QED) is 0.585. The number of amidine groups is 1. The lowest BCUT2D eigenvalue weighted by Gasteiger charge is -2.22. The summed E-state index contributed by atoms with van der Waals surface area (Å²) in [4.78, 5) is 2.50. The summed E-state index contributed by atoms with van der Waals surface area (Å²) < 4.78 is 5.42. The van der Waals surface area contributed by atoms with Crippen molar-refractivity contribution in [3.05, 3.63) is 29.3 Å². The molecule has 2 rings (SSSR count). The Morgan fingerprint density at radius 3 is 2.74 bits per heavy atom. The predicted octanol–water partition coefficient (Wildman–Crippen LogP) is 2.35. The molecule has 19 heavy (non-hydrogen) atoms. The Morgan fingerprint density at radius 2 is 2.21 bits per heavy atom. The van der Waals surface area contributed by atoms with E-state index in [4.69, 9.17) is 15.9 Å². The van der Waals surface area contributed by atoms with Gasteiger partial charge in [0.1, 0.15) is 11.6 Å². The lowest BCUT2D eigenvalue weighted by atomic mass is 10.1. The summed E-state index contributed by atoms with van der Waals surface area (Å²) in [5, 5.41) is 7.54. The standard InChI is InChI=1S/C15H23N3O/c1-3-8-18(13-5-6-13)10-12-9-11(15(16)17)4-7-14(12)19-2/h4,7,9,13H,3,5-6,8,10H2,1-2H3,(H3,16,17). The van der Waals surface area contributed by atoms with Crippen LogP contribution in [0.5, 0.6) is 5.75 Å². The molecule has 1 fully saturated rings. The van der Waals surface area contributed by atoms with Gasteiger partial charge in [-0.25, -0.2) is 0 Å². The average molecular weight is 261 g/mol. The first-order chi connectivity index (χ1) is 9.15. The van der Waals surface area contributed by atoms with Gasteiger partial charge in [0.15, 0.2) is 0 Å². The average Bonchev–Trinajstić information content (AvgIpc) is 3.22. The van der Waals surface area contributed by atoms with Crippen LogP contribution in [0.25, 0.3) is 0 Å². The Labute approximate surface area is 115 Å². The summed E-state index contributed by atoms with van der Waals surface area (Å²) in [6.45, 7) is 4.19. The smallest absolute Gasteiger partial charge is 0.123 e. The van der Waals surface area contributed by atoms with Gasteiger partial charge >= 0.3 is 0 Å². The highest BCUT2D eigenvalue weighted by Gasteiger charge is 2.28. The van der Waals surface area contributed by atoms with Crippen LogP contribution < -0.4 is 10.5 Å². The number of rotatable bonds is 7. The van der Waals surface area contributed by atoms with Crippen molar-refractivity contribution in [2.45, 2.75) is 38.8 Å². The van der Waals surface area contributed by atoms with Crippen molar-refractivity contribution in [3.63, 3.8) is 0 Å². The van der Waals surface area contributed by atoms with Crippen LogP contribution in [-0.4, -0.2) is 30.4 Å². The third-order valence-corrected chi connectivity index (χ3v) is 3.54. The normalized spacial score (nSPS) is 14.7. The van der Waals surface area contributed by atoms with Crippen molar-refractivity contribution in [3.8, 4) is 5.75 Å². The summed E-state index contributed by atoms with van der Waals surface area (Å²) in [5.41, 5.74) is 7.45. The van der Waals surface area contributed by atoms with E-state index in [9.17, 15) is 0 Å². The van der Waals surface area contributed by atoms with Crippen molar-refractivity contribution < 1.29 is 4.74 Å². The second kappa shape index (κ2) is 6.06. The SMILES string of the molecule is CCCN(Cc1cc(C(=N)N)ccc1OC)C1CC1. The molecule has 1 aromatic carbocycles. The van der Waals surface area contributed by atoms with E-state index in [1.165, 1.54) is 12.8 Å². The van der Waals surface area contributed by atoms with E-state index in [0.717, 1.165) is 42.4 Å². The van der Waals surface area contributed by atoms with Crippen LogP contribution in [0, 0.1) is 5.41 Å². The van der Waals surface area contributed by atoms with Crippen LogP contribution in [0.1, 0.15) is 37.3 Å². The van der Waals surface area contributed by atoms with Crippen LogP contribution in [-0.2, 0) is 6.54 Å². The largest absolute Gasteiger partial charge is 0.496 e. The minimum absolute atomic E-state index is 0.109. The maximum Gasteiger partial charge on any atom is 0.123 e. The molecular formula is C15H23N3O. The van der Waals surface area contributed by atoms with Crippen LogP contribution in [0.3, 0.4) is 0 Å². The molecule has 0 bridgehead atoms. The van der Waals surface area contributed by atoms with Crippen molar-refractivity contribution in [2.24, 2.45) is 5.73 Å². The molecule has 0 spiro atoms. The molecule has 1 saturated carbocycles. The molecular weight excluding hydrogens is 238 g/mol. The summed E-state index contributed by atoms with van der Waals surface area (Å²) in [5.74, 6) is 0.990. The Kier molecular flexibility index (Phi) is 4.43. The zero-order valence-corrected chi connectivity index (χ0v) is 11.8. The molecule has 104 valence electrons. The van der Waals surface area contributed by atoms with Crippen molar-refractivity contribution in [1.82, 2.24) is 4.90 Å². The highest BCUT2D eigenvalue weighted by atomic mass is 16.5. The highest BCUT2D eigenvalue weighted by molar-refractivity contribution is 5.95. The van der Waals surface area contributed by atoms with Gasteiger partial charge in [-0.3, -0.25) is 10.3 Å². The molecule has 0 unspecified atom stereocenters. The number of ether oxygens (including phenoxy) is 1. The molecule has 4 heteroatoms. The lowest BCUT2D eigenvalue weighted by molar-refractivity contribution is 0.251. The number of nitrogens with one attached hydrogen (secondary N) is 1. The van der Waals surface area contributed by atoms with Gasteiger partial charge in [-0.05, 0) is 44.0 Å². The van der Waals surface area contributed by atoms with E-state index in [0.29, 0.717) is 0 Å². The topological polar surface area (TPSA) is 62.3 Å². The van der Waals surface area contributed by atoms with Gasteiger partial charge in [-0.1, -0.05) is 6.92 Å². The molecule has 0 aromatic heterocycles. The first-order valence-electron chi connectivity index (χ1n) is 6.91. The van der Waals surface area contributed by atoms with E-state index in [1.807, 2.05) is 18.2 Å². The Bertz CT molecular complexity index is 455. The first kappa shape index (κ1) is 13.9. The monoisotopic (exact) mass is 261 g/mol. The summed E-state index contributed by atoms with van der Waals surface area (Å²) >= 11 is 0. The Hall–Kier alpha value is -1.55. The third-order valence-electron chi connectivity index (χ3n) is 3.54. The number of hydrogen-bond acceptors (Lipinski definition) is 3. The zero-order valence-electron chi connectivity index (χ0n) is 11.8. The van der Waals surface area contributed by atoms with Crippen LogP contribution in [0.2, 0.25) is 0 Å². The molecule has 1 aliphatic rings. The van der Waals surface area contributed by atoms with Gasteiger partial charge in [0.05, 0.1) is 7.11 Å². The van der Waals surface area contributed by atoms with Crippen LogP contribution >= 0.6 is 0 Å². The van der Waals surface area contributed by atoms with E-state index >= 15 is 0 Å². The molecule has 0 aliphatic heterocycles. The minimum Gasteiger partial charge on any atom is -0.496 e. The van der Waals surface area contributed by atoms with E-state index in [-0.39, 0.29) is 5.84 Å². The second-order valence-corrected chi connectivity index (χ2v) is 5.14. The lowest BCUT2D eigenvalue weighted by Crippen LogP contribution is -2.26. The third kappa shape index (κ3) is 3.47. The van der Waals surface area contributed by atoms with Crippen molar-refractivity contribution in [1.29, 1.82) is 5.41 Å². The van der Waals surface area contributed by atoms with Gasteiger partial charge in [-0.2, -0.15) is 0 Å². The number of nitrogen functional groups attached to an aromatic ring is 1. The Morgan fingerprint density at radius 1 is 1.47 bits per heavy atom. The second-order valence-electron chi connectivity index (χ2n) is 5.14. The van der Waals surface area contributed by atoms with Crippen molar-refractivity contribution >= 4 is 5.84 Å². The molecule has 1 aromatic rings. The van der Waals surface area contributed by atoms with E-state index < -0.39 is 0 Å². The molecule has 0 heterocycles.